The highest BCUT2D eigenvalue weighted by Crippen LogP contribution is 2.44. The molecule has 1 aromatic heterocycles. The number of nitrogens with zero attached hydrogens (tertiary/aromatic N) is 3. The Morgan fingerprint density at radius 1 is 1.24 bits per heavy atom. The van der Waals surface area contributed by atoms with Gasteiger partial charge in [-0.3, -0.25) is 9.59 Å². The molecule has 3 fully saturated rings. The lowest BCUT2D eigenvalue weighted by Gasteiger charge is -2.39. The van der Waals surface area contributed by atoms with Gasteiger partial charge in [0.1, 0.15) is 11.7 Å². The van der Waals surface area contributed by atoms with E-state index in [1.54, 1.807) is 10.9 Å². The van der Waals surface area contributed by atoms with Crippen molar-refractivity contribution in [3.05, 3.63) is 16.6 Å². The molecule has 7 nitrogen and oxygen atoms in total. The first-order valence-corrected chi connectivity index (χ1v) is 9.64. The minimum absolute atomic E-state index is 0.199. The van der Waals surface area contributed by atoms with Gasteiger partial charge in [0.2, 0.25) is 5.91 Å². The monoisotopic (exact) mass is 363 g/mol. The molecule has 0 radical (unpaired) electrons. The fourth-order valence-electron chi connectivity index (χ4n) is 4.11. The van der Waals surface area contributed by atoms with E-state index in [1.165, 1.54) is 16.2 Å². The number of hydrogen-bond acceptors (Lipinski definition) is 5. The molecule has 1 aliphatic carbocycles. The fourth-order valence-corrected chi connectivity index (χ4v) is 4.63. The Kier molecular flexibility index (Phi) is 4.02. The predicted molar refractivity (Wildman–Crippen MR) is 90.2 cm³/mol. The third-order valence-corrected chi connectivity index (χ3v) is 6.35. The molecule has 25 heavy (non-hydrogen) atoms. The van der Waals surface area contributed by atoms with E-state index in [2.05, 4.69) is 4.98 Å². The average molecular weight is 363 g/mol. The van der Waals surface area contributed by atoms with Crippen LogP contribution in [0.15, 0.2) is 10.9 Å². The zero-order valence-corrected chi connectivity index (χ0v) is 14.7. The topological polar surface area (TPSA) is 90.8 Å². The Labute approximate surface area is 149 Å². The smallest absolute Gasteiger partial charge is 0.326 e. The summed E-state index contributed by atoms with van der Waals surface area (Å²) < 4.78 is 0. The van der Waals surface area contributed by atoms with Crippen molar-refractivity contribution in [2.24, 2.45) is 11.3 Å². The normalized spacial score (nSPS) is 25.4. The van der Waals surface area contributed by atoms with Crippen molar-refractivity contribution in [2.45, 2.75) is 38.1 Å². The molecule has 1 saturated carbocycles. The van der Waals surface area contributed by atoms with Crippen LogP contribution in [-0.2, 0) is 9.59 Å². The van der Waals surface area contributed by atoms with Gasteiger partial charge in [-0.25, -0.2) is 9.78 Å². The predicted octanol–water partition coefficient (Wildman–Crippen LogP) is 1.46. The summed E-state index contributed by atoms with van der Waals surface area (Å²) in [5.41, 5.74) is 1.70. The third-order valence-electron chi connectivity index (χ3n) is 5.77. The van der Waals surface area contributed by atoms with Gasteiger partial charge in [0.05, 0.1) is 5.51 Å². The fraction of sp³-hybridized carbons (Fsp3) is 0.647. The number of carbonyl (C=O) groups is 3. The first-order valence-electron chi connectivity index (χ1n) is 8.70. The highest BCUT2D eigenvalue weighted by Gasteiger charge is 2.51. The van der Waals surface area contributed by atoms with Crippen molar-refractivity contribution >= 4 is 29.1 Å². The lowest BCUT2D eigenvalue weighted by Crippen LogP contribution is -2.45. The Morgan fingerprint density at radius 2 is 1.96 bits per heavy atom. The molecular formula is C17H21N3O4S. The number of aliphatic carboxylic acids is 1. The Hall–Kier alpha value is -1.96. The molecular weight excluding hydrogens is 342 g/mol. The van der Waals surface area contributed by atoms with Gasteiger partial charge in [-0.05, 0) is 37.5 Å². The lowest BCUT2D eigenvalue weighted by atomic mass is 9.76. The van der Waals surface area contributed by atoms with Gasteiger partial charge in [0.15, 0.2) is 0 Å². The van der Waals surface area contributed by atoms with Crippen LogP contribution in [0.3, 0.4) is 0 Å². The molecule has 0 bridgehead atoms. The molecule has 0 aromatic carbocycles. The summed E-state index contributed by atoms with van der Waals surface area (Å²) in [6.07, 6.45) is 3.98. The van der Waals surface area contributed by atoms with Gasteiger partial charge in [0.25, 0.3) is 5.91 Å². The van der Waals surface area contributed by atoms with Crippen LogP contribution in [0.1, 0.15) is 42.6 Å². The maximum Gasteiger partial charge on any atom is 0.326 e. The number of likely N-dealkylation sites (tertiary alicyclic amines) is 2. The summed E-state index contributed by atoms with van der Waals surface area (Å²) in [6.45, 7) is 1.77. The quantitative estimate of drug-likeness (QED) is 0.878. The largest absolute Gasteiger partial charge is 0.480 e. The molecule has 1 atom stereocenters. The van der Waals surface area contributed by atoms with Crippen LogP contribution in [-0.4, -0.2) is 63.4 Å². The second-order valence-corrected chi connectivity index (χ2v) is 8.18. The van der Waals surface area contributed by atoms with Crippen molar-refractivity contribution < 1.29 is 19.5 Å². The maximum absolute atomic E-state index is 12.7. The summed E-state index contributed by atoms with van der Waals surface area (Å²) in [5.74, 6) is -0.802. The SMILES string of the molecule is O=C(O)[C@@H]1CC2(CCN(C(=O)C3CC3)CC2)CN1C(=O)c1cscn1. The van der Waals surface area contributed by atoms with Crippen LogP contribution >= 0.6 is 11.3 Å². The highest BCUT2D eigenvalue weighted by atomic mass is 32.1. The molecule has 2 amide bonds. The van der Waals surface area contributed by atoms with Crippen molar-refractivity contribution in [1.82, 2.24) is 14.8 Å². The number of aromatic nitrogens is 1. The summed E-state index contributed by atoms with van der Waals surface area (Å²) in [6, 6.07) is -0.806. The third kappa shape index (κ3) is 3.03. The van der Waals surface area contributed by atoms with E-state index >= 15 is 0 Å². The zero-order valence-electron chi connectivity index (χ0n) is 13.9. The average Bonchev–Trinajstić information content (AvgIpc) is 3.17. The van der Waals surface area contributed by atoms with Crippen LogP contribution in [0.5, 0.6) is 0 Å². The van der Waals surface area contributed by atoms with E-state index < -0.39 is 12.0 Å². The molecule has 4 rings (SSSR count). The number of carboxylic acid groups (broad SMARTS) is 1. The second kappa shape index (κ2) is 6.09. The molecule has 3 heterocycles. The highest BCUT2D eigenvalue weighted by molar-refractivity contribution is 7.07. The first kappa shape index (κ1) is 16.5. The molecule has 8 heteroatoms. The molecule has 0 unspecified atom stereocenters. The van der Waals surface area contributed by atoms with E-state index in [4.69, 9.17) is 0 Å². The van der Waals surface area contributed by atoms with Crippen LogP contribution in [0, 0.1) is 11.3 Å². The second-order valence-electron chi connectivity index (χ2n) is 7.46. The van der Waals surface area contributed by atoms with Crippen molar-refractivity contribution in [1.29, 1.82) is 0 Å². The Balaban J connectivity index is 1.47. The van der Waals surface area contributed by atoms with Gasteiger partial charge < -0.3 is 14.9 Å². The molecule has 2 aliphatic heterocycles. The number of rotatable bonds is 3. The van der Waals surface area contributed by atoms with Gasteiger partial charge in [-0.1, -0.05) is 0 Å². The van der Waals surface area contributed by atoms with Crippen LogP contribution in [0.2, 0.25) is 0 Å². The van der Waals surface area contributed by atoms with Crippen molar-refractivity contribution in [3.8, 4) is 0 Å². The minimum atomic E-state index is -0.961. The van der Waals surface area contributed by atoms with E-state index in [0.29, 0.717) is 31.7 Å². The zero-order chi connectivity index (χ0) is 17.6. The molecule has 2 saturated heterocycles. The summed E-state index contributed by atoms with van der Waals surface area (Å²) in [5, 5.41) is 11.2. The minimum Gasteiger partial charge on any atom is -0.480 e. The van der Waals surface area contributed by atoms with Crippen molar-refractivity contribution in [2.75, 3.05) is 19.6 Å². The van der Waals surface area contributed by atoms with E-state index in [0.717, 1.165) is 25.7 Å². The van der Waals surface area contributed by atoms with Crippen molar-refractivity contribution in [3.63, 3.8) is 0 Å². The van der Waals surface area contributed by atoms with Gasteiger partial charge in [-0.15, -0.1) is 11.3 Å². The summed E-state index contributed by atoms with van der Waals surface area (Å²) in [4.78, 5) is 44.0. The van der Waals surface area contributed by atoms with E-state index in [1.807, 2.05) is 4.90 Å². The molecule has 3 aliphatic rings. The Morgan fingerprint density at radius 3 is 2.52 bits per heavy atom. The number of carboxylic acids is 1. The molecule has 1 N–H and O–H groups in total. The van der Waals surface area contributed by atoms with Crippen LogP contribution < -0.4 is 0 Å². The van der Waals surface area contributed by atoms with Gasteiger partial charge >= 0.3 is 5.97 Å². The van der Waals surface area contributed by atoms with Gasteiger partial charge in [0, 0.05) is 30.9 Å². The Bertz CT molecular complexity index is 693. The summed E-state index contributed by atoms with van der Waals surface area (Å²) in [7, 11) is 0. The molecule has 1 aromatic rings. The lowest BCUT2D eigenvalue weighted by molar-refractivity contribution is -0.141. The summed E-state index contributed by atoms with van der Waals surface area (Å²) >= 11 is 1.33. The number of piperidine rings is 1. The number of hydrogen-bond donors (Lipinski definition) is 1. The molecule has 1 spiro atoms. The maximum atomic E-state index is 12.7. The standard InChI is InChI=1S/C17H21N3O4S/c21-14(11-1-2-11)19-5-3-17(4-6-19)7-13(16(23)24)20(9-17)15(22)12-8-25-10-18-12/h8,10-11,13H,1-7,9H2,(H,23,24)/t13-/m0/s1. The number of thiazole rings is 1. The van der Waals surface area contributed by atoms with Crippen LogP contribution in [0.4, 0.5) is 0 Å². The van der Waals surface area contributed by atoms with E-state index in [9.17, 15) is 19.5 Å². The number of carbonyl (C=O) groups excluding carboxylic acids is 2. The number of amides is 2. The first-order chi connectivity index (χ1) is 12.0. The molecule has 134 valence electrons. The van der Waals surface area contributed by atoms with E-state index in [-0.39, 0.29) is 23.1 Å². The van der Waals surface area contributed by atoms with Gasteiger partial charge in [-0.2, -0.15) is 0 Å². The van der Waals surface area contributed by atoms with Crippen LogP contribution in [0.25, 0.3) is 0 Å².